The number of benzene rings is 1. The Morgan fingerprint density at radius 2 is 2.00 bits per heavy atom. The van der Waals surface area contributed by atoms with Gasteiger partial charge in [-0.05, 0) is 50.4 Å². The summed E-state index contributed by atoms with van der Waals surface area (Å²) in [6, 6.07) is 5.08. The molecular weight excluding hydrogens is 311 g/mol. The molecular formula is C17H17FN4O2. The second-order valence-electron chi connectivity index (χ2n) is 5.77. The summed E-state index contributed by atoms with van der Waals surface area (Å²) in [5.74, 6) is -0.341. The summed E-state index contributed by atoms with van der Waals surface area (Å²) in [6.07, 6.45) is 0. The molecule has 1 aromatic carbocycles. The van der Waals surface area contributed by atoms with Crippen LogP contribution in [0, 0.1) is 19.7 Å². The third kappa shape index (κ3) is 2.92. The van der Waals surface area contributed by atoms with Crippen LogP contribution in [0.3, 0.4) is 0 Å². The zero-order valence-corrected chi connectivity index (χ0v) is 13.5. The molecule has 124 valence electrons. The molecule has 0 aliphatic heterocycles. The SMILES string of the molecule is Cc1nc(C(C)NC(=O)c2cc3ccc(F)cc3[nH]c2=O)[nH]c1C. The lowest BCUT2D eigenvalue weighted by atomic mass is 10.1. The Bertz CT molecular complexity index is 970. The highest BCUT2D eigenvalue weighted by Crippen LogP contribution is 2.15. The quantitative estimate of drug-likeness (QED) is 0.690. The summed E-state index contributed by atoms with van der Waals surface area (Å²) in [4.78, 5) is 34.5. The second kappa shape index (κ2) is 5.92. The van der Waals surface area contributed by atoms with Crippen molar-refractivity contribution in [2.75, 3.05) is 0 Å². The van der Waals surface area contributed by atoms with Crippen LogP contribution in [-0.2, 0) is 0 Å². The molecule has 3 aromatic rings. The van der Waals surface area contributed by atoms with Crippen LogP contribution in [0.15, 0.2) is 29.1 Å². The van der Waals surface area contributed by atoms with Crippen LogP contribution < -0.4 is 10.9 Å². The Labute approximate surface area is 137 Å². The number of nitrogens with one attached hydrogen (secondary N) is 3. The molecule has 0 bridgehead atoms. The molecule has 3 N–H and O–H groups in total. The molecule has 2 aromatic heterocycles. The molecule has 2 heterocycles. The van der Waals surface area contributed by atoms with Crippen molar-refractivity contribution in [2.24, 2.45) is 0 Å². The third-order valence-electron chi connectivity index (χ3n) is 3.96. The van der Waals surface area contributed by atoms with Gasteiger partial charge in [0.2, 0.25) is 0 Å². The highest BCUT2D eigenvalue weighted by atomic mass is 19.1. The van der Waals surface area contributed by atoms with Gasteiger partial charge in [0.1, 0.15) is 17.2 Å². The number of aromatic amines is 2. The molecule has 7 heteroatoms. The van der Waals surface area contributed by atoms with Gasteiger partial charge in [-0.1, -0.05) is 0 Å². The van der Waals surface area contributed by atoms with E-state index in [0.29, 0.717) is 16.7 Å². The van der Waals surface area contributed by atoms with Gasteiger partial charge in [-0.3, -0.25) is 9.59 Å². The highest BCUT2D eigenvalue weighted by molar-refractivity contribution is 5.97. The van der Waals surface area contributed by atoms with Crippen LogP contribution in [0.25, 0.3) is 10.9 Å². The number of aromatic nitrogens is 3. The van der Waals surface area contributed by atoms with Crippen LogP contribution in [0.4, 0.5) is 4.39 Å². The van der Waals surface area contributed by atoms with E-state index in [4.69, 9.17) is 0 Å². The molecule has 0 saturated heterocycles. The molecule has 0 aliphatic carbocycles. The van der Waals surface area contributed by atoms with E-state index in [-0.39, 0.29) is 11.6 Å². The average molecular weight is 328 g/mol. The maximum Gasteiger partial charge on any atom is 0.261 e. The van der Waals surface area contributed by atoms with Crippen molar-refractivity contribution in [3.8, 4) is 0 Å². The van der Waals surface area contributed by atoms with E-state index in [1.165, 1.54) is 24.3 Å². The average Bonchev–Trinajstić information content (AvgIpc) is 2.86. The summed E-state index contributed by atoms with van der Waals surface area (Å²) in [6.45, 7) is 5.55. The summed E-state index contributed by atoms with van der Waals surface area (Å²) in [7, 11) is 0. The zero-order chi connectivity index (χ0) is 17.4. The molecule has 1 atom stereocenters. The number of pyridine rings is 1. The van der Waals surface area contributed by atoms with Crippen molar-refractivity contribution in [1.29, 1.82) is 0 Å². The fourth-order valence-corrected chi connectivity index (χ4v) is 2.46. The first-order chi connectivity index (χ1) is 11.3. The number of rotatable bonds is 3. The van der Waals surface area contributed by atoms with E-state index in [9.17, 15) is 14.0 Å². The first-order valence-corrected chi connectivity index (χ1v) is 7.51. The van der Waals surface area contributed by atoms with Gasteiger partial charge in [-0.2, -0.15) is 0 Å². The smallest absolute Gasteiger partial charge is 0.261 e. The van der Waals surface area contributed by atoms with E-state index < -0.39 is 17.3 Å². The van der Waals surface area contributed by atoms with Crippen LogP contribution in [0.2, 0.25) is 0 Å². The molecule has 6 nitrogen and oxygen atoms in total. The lowest BCUT2D eigenvalue weighted by Gasteiger charge is -2.11. The van der Waals surface area contributed by atoms with Crippen LogP contribution in [0.5, 0.6) is 0 Å². The maximum absolute atomic E-state index is 13.2. The molecule has 0 radical (unpaired) electrons. The Hall–Kier alpha value is -2.96. The minimum absolute atomic E-state index is 0.0269. The van der Waals surface area contributed by atoms with Gasteiger partial charge in [0.25, 0.3) is 11.5 Å². The number of halogens is 1. The summed E-state index contributed by atoms with van der Waals surface area (Å²) >= 11 is 0. The molecule has 0 fully saturated rings. The largest absolute Gasteiger partial charge is 0.344 e. The Kier molecular flexibility index (Phi) is 3.92. The molecule has 1 unspecified atom stereocenters. The van der Waals surface area contributed by atoms with Gasteiger partial charge < -0.3 is 15.3 Å². The Morgan fingerprint density at radius 3 is 2.67 bits per heavy atom. The van der Waals surface area contributed by atoms with E-state index >= 15 is 0 Å². The highest BCUT2D eigenvalue weighted by Gasteiger charge is 2.17. The number of imidazole rings is 1. The number of H-pyrrole nitrogens is 2. The fourth-order valence-electron chi connectivity index (χ4n) is 2.46. The fraction of sp³-hybridized carbons (Fsp3) is 0.235. The number of hydrogen-bond donors (Lipinski definition) is 3. The molecule has 0 saturated carbocycles. The third-order valence-corrected chi connectivity index (χ3v) is 3.96. The number of nitrogens with zero attached hydrogens (tertiary/aromatic N) is 1. The monoisotopic (exact) mass is 328 g/mol. The first-order valence-electron chi connectivity index (χ1n) is 7.51. The first kappa shape index (κ1) is 15.9. The lowest BCUT2D eigenvalue weighted by molar-refractivity contribution is 0.0937. The van der Waals surface area contributed by atoms with Crippen molar-refractivity contribution < 1.29 is 9.18 Å². The molecule has 3 rings (SSSR count). The van der Waals surface area contributed by atoms with E-state index in [1.54, 1.807) is 6.92 Å². The lowest BCUT2D eigenvalue weighted by Crippen LogP contribution is -2.32. The summed E-state index contributed by atoms with van der Waals surface area (Å²) < 4.78 is 13.2. The van der Waals surface area contributed by atoms with Crippen molar-refractivity contribution in [3.05, 3.63) is 63.2 Å². The molecule has 0 spiro atoms. The number of fused-ring (bicyclic) bond motifs is 1. The number of amides is 1. The van der Waals surface area contributed by atoms with E-state index in [0.717, 1.165) is 11.4 Å². The molecule has 1 amide bonds. The van der Waals surface area contributed by atoms with E-state index in [1.807, 2.05) is 13.8 Å². The molecule has 0 aliphatic rings. The second-order valence-corrected chi connectivity index (χ2v) is 5.77. The van der Waals surface area contributed by atoms with Gasteiger partial charge in [0, 0.05) is 5.69 Å². The minimum Gasteiger partial charge on any atom is -0.344 e. The van der Waals surface area contributed by atoms with Crippen LogP contribution in [0.1, 0.15) is 40.5 Å². The van der Waals surface area contributed by atoms with Gasteiger partial charge >= 0.3 is 0 Å². The predicted octanol–water partition coefficient (Wildman–Crippen LogP) is 2.50. The molecule has 24 heavy (non-hydrogen) atoms. The predicted molar refractivity (Wildman–Crippen MR) is 88.5 cm³/mol. The van der Waals surface area contributed by atoms with Gasteiger partial charge in [0.05, 0.1) is 17.3 Å². The minimum atomic E-state index is -0.565. The maximum atomic E-state index is 13.2. The van der Waals surface area contributed by atoms with Gasteiger partial charge in [0.15, 0.2) is 0 Å². The van der Waals surface area contributed by atoms with Crippen molar-refractivity contribution in [3.63, 3.8) is 0 Å². The van der Waals surface area contributed by atoms with Crippen molar-refractivity contribution in [2.45, 2.75) is 26.8 Å². The Balaban J connectivity index is 1.89. The van der Waals surface area contributed by atoms with Gasteiger partial charge in [-0.15, -0.1) is 0 Å². The number of carbonyl (C=O) groups is 1. The normalized spacial score (nSPS) is 12.3. The van der Waals surface area contributed by atoms with Crippen LogP contribution in [-0.4, -0.2) is 20.9 Å². The van der Waals surface area contributed by atoms with Crippen LogP contribution >= 0.6 is 0 Å². The zero-order valence-electron chi connectivity index (χ0n) is 13.5. The summed E-state index contributed by atoms with van der Waals surface area (Å²) in [5.41, 5.74) is 1.54. The number of carbonyl (C=O) groups excluding carboxylic acids is 1. The summed E-state index contributed by atoms with van der Waals surface area (Å²) in [5, 5.41) is 3.33. The van der Waals surface area contributed by atoms with E-state index in [2.05, 4.69) is 20.3 Å². The number of hydrogen-bond acceptors (Lipinski definition) is 3. The van der Waals surface area contributed by atoms with Gasteiger partial charge in [-0.25, -0.2) is 9.37 Å². The Morgan fingerprint density at radius 1 is 1.25 bits per heavy atom. The topological polar surface area (TPSA) is 90.6 Å². The standard InChI is InChI=1S/C17H17FN4O2/c1-8-9(2)20-15(19-8)10(3)21-16(23)13-6-11-4-5-12(18)7-14(11)22-17(13)24/h4-7,10H,1-3H3,(H,19,20)(H,21,23)(H,22,24). The van der Waals surface area contributed by atoms with Crippen molar-refractivity contribution >= 4 is 16.8 Å². The van der Waals surface area contributed by atoms with Crippen molar-refractivity contribution in [1.82, 2.24) is 20.3 Å². The number of aryl methyl sites for hydroxylation is 2.